The molecule has 0 unspecified atom stereocenters. The summed E-state index contributed by atoms with van der Waals surface area (Å²) in [6, 6.07) is 20.4. The Hall–Kier alpha value is -3.56. The molecule has 0 fully saturated rings. The predicted molar refractivity (Wildman–Crippen MR) is 153 cm³/mol. The van der Waals surface area contributed by atoms with Crippen LogP contribution in [0.2, 0.25) is 5.02 Å². The number of rotatable bonds is 12. The van der Waals surface area contributed by atoms with Crippen molar-refractivity contribution in [3.05, 3.63) is 89.4 Å². The lowest BCUT2D eigenvalue weighted by Crippen LogP contribution is -2.52. The van der Waals surface area contributed by atoms with Crippen molar-refractivity contribution in [2.45, 2.75) is 50.7 Å². The first-order valence-electron chi connectivity index (χ1n) is 12.6. The largest absolute Gasteiger partial charge is 0.497 e. The molecule has 0 spiro atoms. The normalized spacial score (nSPS) is 12.7. The van der Waals surface area contributed by atoms with E-state index in [4.69, 9.17) is 16.3 Å². The van der Waals surface area contributed by atoms with E-state index in [1.165, 1.54) is 23.1 Å². The van der Waals surface area contributed by atoms with Crippen LogP contribution in [0, 0.1) is 0 Å². The van der Waals surface area contributed by atoms with Crippen LogP contribution in [0.4, 0.5) is 5.69 Å². The maximum absolute atomic E-state index is 13.9. The molecule has 3 aromatic carbocycles. The van der Waals surface area contributed by atoms with Crippen LogP contribution in [0.25, 0.3) is 0 Å². The molecule has 208 valence electrons. The first-order chi connectivity index (χ1) is 18.6. The SMILES string of the molecule is CC[C@H](C)NC(=O)[C@H](C)N(Cc1cccc(OC)c1)C(=O)CN(c1cccc(Cl)c1)S(=O)(=O)c1ccccc1. The minimum atomic E-state index is -4.15. The van der Waals surface area contributed by atoms with Crippen LogP contribution in [0.1, 0.15) is 32.8 Å². The summed E-state index contributed by atoms with van der Waals surface area (Å²) in [6.45, 7) is 4.99. The van der Waals surface area contributed by atoms with E-state index < -0.39 is 28.5 Å². The zero-order chi connectivity index (χ0) is 28.6. The number of anilines is 1. The Kier molecular flexibility index (Phi) is 10.4. The molecule has 0 aromatic heterocycles. The molecule has 3 rings (SSSR count). The maximum atomic E-state index is 13.9. The van der Waals surface area contributed by atoms with E-state index >= 15 is 0 Å². The molecule has 0 radical (unpaired) electrons. The Labute approximate surface area is 235 Å². The zero-order valence-electron chi connectivity index (χ0n) is 22.5. The van der Waals surface area contributed by atoms with Crippen LogP contribution in [-0.2, 0) is 26.2 Å². The smallest absolute Gasteiger partial charge is 0.264 e. The third-order valence-electron chi connectivity index (χ3n) is 6.36. The van der Waals surface area contributed by atoms with Crippen molar-refractivity contribution in [3.8, 4) is 5.75 Å². The van der Waals surface area contributed by atoms with Crippen LogP contribution in [-0.4, -0.2) is 50.9 Å². The fraction of sp³-hybridized carbons (Fsp3) is 0.310. The molecule has 0 bridgehead atoms. The van der Waals surface area contributed by atoms with Crippen LogP contribution in [0.3, 0.4) is 0 Å². The van der Waals surface area contributed by atoms with Gasteiger partial charge in [0.2, 0.25) is 11.8 Å². The van der Waals surface area contributed by atoms with E-state index in [1.807, 2.05) is 19.9 Å². The third-order valence-corrected chi connectivity index (χ3v) is 8.38. The van der Waals surface area contributed by atoms with Crippen LogP contribution in [0.5, 0.6) is 5.75 Å². The lowest BCUT2D eigenvalue weighted by Gasteiger charge is -2.32. The first-order valence-corrected chi connectivity index (χ1v) is 14.4. The van der Waals surface area contributed by atoms with E-state index in [-0.39, 0.29) is 29.1 Å². The van der Waals surface area contributed by atoms with Crippen molar-refractivity contribution in [2.75, 3.05) is 18.0 Å². The van der Waals surface area contributed by atoms with Crippen LogP contribution >= 0.6 is 11.6 Å². The fourth-order valence-electron chi connectivity index (χ4n) is 3.90. The Morgan fingerprint density at radius 3 is 2.31 bits per heavy atom. The summed E-state index contributed by atoms with van der Waals surface area (Å²) in [6.07, 6.45) is 0.722. The van der Waals surface area contributed by atoms with E-state index in [2.05, 4.69) is 5.32 Å². The third kappa shape index (κ3) is 7.74. The van der Waals surface area contributed by atoms with Gasteiger partial charge in [-0.1, -0.05) is 54.9 Å². The molecule has 0 saturated carbocycles. The number of sulfonamides is 1. The van der Waals surface area contributed by atoms with Crippen molar-refractivity contribution in [3.63, 3.8) is 0 Å². The Morgan fingerprint density at radius 1 is 0.974 bits per heavy atom. The van der Waals surface area contributed by atoms with Crippen LogP contribution < -0.4 is 14.4 Å². The number of amides is 2. The molecule has 0 aliphatic heterocycles. The topological polar surface area (TPSA) is 96.0 Å². The fourth-order valence-corrected chi connectivity index (χ4v) is 5.51. The lowest BCUT2D eigenvalue weighted by molar-refractivity contribution is -0.139. The minimum absolute atomic E-state index is 0.0275. The van der Waals surface area contributed by atoms with Crippen molar-refractivity contribution in [2.24, 2.45) is 0 Å². The number of methoxy groups -OCH3 is 1. The standard InChI is InChI=1S/C29H34ClN3O5S/c1-5-21(2)31-29(35)22(3)32(19-23-11-9-14-26(17-23)38-4)28(34)20-33(25-13-10-12-24(30)18-25)39(36,37)27-15-7-6-8-16-27/h6-18,21-22H,5,19-20H2,1-4H3,(H,31,35)/t21-,22-/m0/s1. The number of hydrogen-bond donors (Lipinski definition) is 1. The van der Waals surface area contributed by atoms with Gasteiger partial charge in [-0.2, -0.15) is 0 Å². The maximum Gasteiger partial charge on any atom is 0.264 e. The Morgan fingerprint density at radius 2 is 1.67 bits per heavy atom. The first kappa shape index (κ1) is 30.0. The minimum Gasteiger partial charge on any atom is -0.497 e. The summed E-state index contributed by atoms with van der Waals surface area (Å²) in [7, 11) is -2.60. The van der Waals surface area contributed by atoms with Gasteiger partial charge in [0, 0.05) is 17.6 Å². The van der Waals surface area contributed by atoms with Gasteiger partial charge in [-0.3, -0.25) is 13.9 Å². The van der Waals surface area contributed by atoms with Gasteiger partial charge in [0.05, 0.1) is 17.7 Å². The van der Waals surface area contributed by atoms with Gasteiger partial charge in [0.25, 0.3) is 10.0 Å². The molecule has 3 aromatic rings. The Balaban J connectivity index is 2.02. The molecule has 0 heterocycles. The summed E-state index contributed by atoms with van der Waals surface area (Å²) in [5.74, 6) is -0.284. The molecule has 8 nitrogen and oxygen atoms in total. The lowest BCUT2D eigenvalue weighted by atomic mass is 10.1. The second kappa shape index (κ2) is 13.5. The number of ether oxygens (including phenoxy) is 1. The zero-order valence-corrected chi connectivity index (χ0v) is 24.1. The van der Waals surface area contributed by atoms with Crippen molar-refractivity contribution in [1.82, 2.24) is 10.2 Å². The number of carbonyl (C=O) groups excluding carboxylic acids is 2. The molecule has 0 saturated heterocycles. The number of hydrogen-bond acceptors (Lipinski definition) is 5. The molecular formula is C29H34ClN3O5S. The predicted octanol–water partition coefficient (Wildman–Crippen LogP) is 4.88. The number of nitrogens with one attached hydrogen (secondary N) is 1. The molecular weight excluding hydrogens is 538 g/mol. The van der Waals surface area contributed by atoms with Gasteiger partial charge < -0.3 is 15.0 Å². The molecule has 39 heavy (non-hydrogen) atoms. The second-order valence-electron chi connectivity index (χ2n) is 9.17. The van der Waals surface area contributed by atoms with Gasteiger partial charge in [0.1, 0.15) is 18.3 Å². The summed E-state index contributed by atoms with van der Waals surface area (Å²) in [5.41, 5.74) is 0.962. The highest BCUT2D eigenvalue weighted by Crippen LogP contribution is 2.27. The molecule has 10 heteroatoms. The van der Waals surface area contributed by atoms with E-state index in [9.17, 15) is 18.0 Å². The molecule has 1 N–H and O–H groups in total. The van der Waals surface area contributed by atoms with E-state index in [1.54, 1.807) is 68.6 Å². The summed E-state index contributed by atoms with van der Waals surface area (Å²) in [4.78, 5) is 28.4. The number of nitrogens with zero attached hydrogens (tertiary/aromatic N) is 2. The monoisotopic (exact) mass is 571 g/mol. The summed E-state index contributed by atoms with van der Waals surface area (Å²) >= 11 is 6.19. The number of halogens is 1. The second-order valence-corrected chi connectivity index (χ2v) is 11.5. The van der Waals surface area contributed by atoms with Crippen molar-refractivity contribution >= 4 is 39.1 Å². The van der Waals surface area contributed by atoms with Gasteiger partial charge in [0.15, 0.2) is 0 Å². The van der Waals surface area contributed by atoms with Crippen LogP contribution in [0.15, 0.2) is 83.8 Å². The summed E-state index contributed by atoms with van der Waals surface area (Å²) in [5, 5.41) is 3.24. The number of benzene rings is 3. The highest BCUT2D eigenvalue weighted by atomic mass is 35.5. The molecule has 0 aliphatic rings. The highest BCUT2D eigenvalue weighted by Gasteiger charge is 2.32. The average Bonchev–Trinajstić information content (AvgIpc) is 2.94. The molecule has 2 atom stereocenters. The van der Waals surface area contributed by atoms with Gasteiger partial charge in [-0.05, 0) is 68.3 Å². The summed E-state index contributed by atoms with van der Waals surface area (Å²) < 4.78 is 33.8. The highest BCUT2D eigenvalue weighted by molar-refractivity contribution is 7.92. The average molecular weight is 572 g/mol. The van der Waals surface area contributed by atoms with Gasteiger partial charge >= 0.3 is 0 Å². The number of carbonyl (C=O) groups is 2. The Bertz CT molecular complexity index is 1380. The van der Waals surface area contributed by atoms with E-state index in [0.29, 0.717) is 10.8 Å². The molecule has 0 aliphatic carbocycles. The molecule has 2 amide bonds. The quantitative estimate of drug-likeness (QED) is 0.334. The van der Waals surface area contributed by atoms with Crippen molar-refractivity contribution in [1.29, 1.82) is 0 Å². The van der Waals surface area contributed by atoms with E-state index in [0.717, 1.165) is 16.3 Å². The van der Waals surface area contributed by atoms with Crippen molar-refractivity contribution < 1.29 is 22.7 Å². The van der Waals surface area contributed by atoms with Gasteiger partial charge in [-0.25, -0.2) is 8.42 Å². The van der Waals surface area contributed by atoms with Gasteiger partial charge in [-0.15, -0.1) is 0 Å².